The number of hydrogen-bond donors (Lipinski definition) is 5. The van der Waals surface area contributed by atoms with E-state index in [9.17, 15) is 35.1 Å². The molecule has 0 aromatic carbocycles. The second-order valence-corrected chi connectivity index (χ2v) is 21.6. The van der Waals surface area contributed by atoms with Gasteiger partial charge >= 0.3 is 11.9 Å². The van der Waals surface area contributed by atoms with Crippen molar-refractivity contribution in [2.45, 2.75) is 248 Å². The third-order valence-corrected chi connectivity index (χ3v) is 18.3. The fraction of sp³-hybridized carbons (Fsp3) is 0.959. The van der Waals surface area contributed by atoms with E-state index in [1.165, 1.54) is 14.0 Å². The van der Waals surface area contributed by atoms with Gasteiger partial charge in [-0.15, -0.1) is 0 Å². The zero-order valence-electron chi connectivity index (χ0n) is 41.8. The van der Waals surface area contributed by atoms with Crippen LogP contribution >= 0.6 is 0 Å². The Balaban J connectivity index is 0.987. The van der Waals surface area contributed by atoms with Gasteiger partial charge < -0.3 is 77.6 Å². The molecule has 0 radical (unpaired) electrons. The van der Waals surface area contributed by atoms with Crippen LogP contribution in [0.2, 0.25) is 0 Å². The fourth-order valence-corrected chi connectivity index (χ4v) is 13.9. The van der Waals surface area contributed by atoms with Crippen molar-refractivity contribution in [1.29, 1.82) is 0 Å². The van der Waals surface area contributed by atoms with Crippen LogP contribution in [0.1, 0.15) is 133 Å². The zero-order chi connectivity index (χ0) is 49.2. The molecule has 0 unspecified atom stereocenters. The molecule has 0 aromatic rings. The van der Waals surface area contributed by atoms with Crippen LogP contribution < -0.4 is 0 Å². The number of methoxy groups -OCH3 is 3. The zero-order valence-corrected chi connectivity index (χ0v) is 41.8. The van der Waals surface area contributed by atoms with E-state index in [1.54, 1.807) is 41.9 Å². The minimum Gasteiger partial charge on any atom is -0.462 e. The highest BCUT2D eigenvalue weighted by molar-refractivity contribution is 5.72. The van der Waals surface area contributed by atoms with Crippen LogP contribution in [0.4, 0.5) is 0 Å². The first-order valence-electron chi connectivity index (χ1n) is 24.9. The molecule has 3 heterocycles. The van der Waals surface area contributed by atoms with Gasteiger partial charge in [0.2, 0.25) is 0 Å². The Bertz CT molecular complexity index is 1720. The minimum atomic E-state index is -1.86. The Morgan fingerprint density at radius 1 is 0.716 bits per heavy atom. The molecule has 7 aliphatic rings. The third kappa shape index (κ3) is 9.05. The summed E-state index contributed by atoms with van der Waals surface area (Å²) >= 11 is 0. The van der Waals surface area contributed by atoms with Gasteiger partial charge in [-0.25, -0.2) is 0 Å². The van der Waals surface area contributed by atoms with Crippen LogP contribution in [-0.2, 0) is 61.7 Å². The lowest BCUT2D eigenvalue weighted by molar-refractivity contribution is -0.353. The summed E-state index contributed by atoms with van der Waals surface area (Å²) in [6, 6.07) is 0. The van der Waals surface area contributed by atoms with Crippen molar-refractivity contribution < 1.29 is 87.2 Å². The SMILES string of the molecule is CC[C@@H](C)C(=O)O[C@H](C)[C@]1(O)CC[C@@]2(O)[C@]1(C)[C@H](OC(C)=O)C[C@@H]1[C@@]3(C)CC[C@H](O[C@H]4C[C@H](OC)[C@H](O[C@H]5C[C@@H](OC)[C@H](O[C@@H]6O[C@H](C)[C@@H](O)[C@H](OC)[C@H]6O)[C@@H](C)O5)[C@@H](C)O4)C[C@@H]3CC[C@]12O. The molecule has 67 heavy (non-hydrogen) atoms. The molecule has 3 saturated heterocycles. The first-order valence-corrected chi connectivity index (χ1v) is 24.9. The van der Waals surface area contributed by atoms with E-state index in [0.717, 1.165) is 0 Å². The third-order valence-electron chi connectivity index (χ3n) is 18.3. The van der Waals surface area contributed by atoms with E-state index in [0.29, 0.717) is 44.9 Å². The van der Waals surface area contributed by atoms with Crippen molar-refractivity contribution in [3.63, 3.8) is 0 Å². The minimum absolute atomic E-state index is 0.0429. The van der Waals surface area contributed by atoms with Crippen LogP contribution in [0.25, 0.3) is 0 Å². The van der Waals surface area contributed by atoms with Crippen molar-refractivity contribution >= 4 is 11.9 Å². The Kier molecular flexibility index (Phi) is 16.0. The highest BCUT2D eigenvalue weighted by atomic mass is 16.8. The number of hydrogen-bond acceptors (Lipinski definition) is 18. The second kappa shape index (κ2) is 20.1. The van der Waals surface area contributed by atoms with E-state index >= 15 is 0 Å². The summed E-state index contributed by atoms with van der Waals surface area (Å²) < 4.78 is 67.4. The normalized spacial score (nSPS) is 50.9. The highest BCUT2D eigenvalue weighted by Crippen LogP contribution is 2.72. The van der Waals surface area contributed by atoms with Crippen molar-refractivity contribution in [3.8, 4) is 0 Å². The number of rotatable bonds is 14. The number of aliphatic hydroxyl groups excluding tert-OH is 2. The average molecular weight is 959 g/mol. The quantitative estimate of drug-likeness (QED) is 0.124. The van der Waals surface area contributed by atoms with Crippen molar-refractivity contribution in [2.75, 3.05) is 21.3 Å². The molecule has 0 spiro atoms. The molecule has 386 valence electrons. The predicted octanol–water partition coefficient (Wildman–Crippen LogP) is 3.45. The van der Waals surface area contributed by atoms with Crippen molar-refractivity contribution in [2.24, 2.45) is 28.6 Å². The van der Waals surface area contributed by atoms with Crippen LogP contribution in [0.5, 0.6) is 0 Å². The van der Waals surface area contributed by atoms with Gasteiger partial charge in [-0.2, -0.15) is 0 Å². The molecule has 3 aliphatic heterocycles. The molecule has 4 aliphatic carbocycles. The lowest BCUT2D eigenvalue weighted by Gasteiger charge is -2.69. The smallest absolute Gasteiger partial charge is 0.309 e. The fourth-order valence-electron chi connectivity index (χ4n) is 13.9. The van der Waals surface area contributed by atoms with Gasteiger partial charge in [0.25, 0.3) is 0 Å². The monoisotopic (exact) mass is 959 g/mol. The summed E-state index contributed by atoms with van der Waals surface area (Å²) in [6.07, 6.45) is -6.80. The van der Waals surface area contributed by atoms with Gasteiger partial charge in [-0.3, -0.25) is 9.59 Å². The number of carbonyl (C=O) groups excluding carboxylic acids is 2. The molecular weight excluding hydrogens is 877 g/mol. The first kappa shape index (κ1) is 53.2. The molecule has 0 amide bonds. The second-order valence-electron chi connectivity index (χ2n) is 21.6. The first-order chi connectivity index (χ1) is 31.5. The van der Waals surface area contributed by atoms with E-state index < -0.39 is 144 Å². The predicted molar refractivity (Wildman–Crippen MR) is 237 cm³/mol. The molecule has 7 fully saturated rings. The largest absolute Gasteiger partial charge is 0.462 e. The van der Waals surface area contributed by atoms with Gasteiger partial charge in [-0.1, -0.05) is 27.7 Å². The van der Waals surface area contributed by atoms with Gasteiger partial charge in [0, 0.05) is 41.1 Å². The van der Waals surface area contributed by atoms with E-state index in [1.807, 2.05) is 20.8 Å². The molecule has 7 rings (SSSR count). The number of ether oxygens (including phenoxy) is 11. The van der Waals surface area contributed by atoms with E-state index in [2.05, 4.69) is 6.92 Å². The summed E-state index contributed by atoms with van der Waals surface area (Å²) in [7, 11) is 4.63. The van der Waals surface area contributed by atoms with E-state index in [4.69, 9.17) is 52.1 Å². The topological polar surface area (TPSA) is 237 Å². The van der Waals surface area contributed by atoms with Crippen LogP contribution in [0.3, 0.4) is 0 Å². The molecule has 4 saturated carbocycles. The van der Waals surface area contributed by atoms with Crippen LogP contribution in [0.15, 0.2) is 0 Å². The number of carbonyl (C=O) groups is 2. The number of aliphatic hydroxyl groups is 5. The summed E-state index contributed by atoms with van der Waals surface area (Å²) in [5, 5.41) is 60.1. The molecule has 5 N–H and O–H groups in total. The molecular formula is C49H82O18. The summed E-state index contributed by atoms with van der Waals surface area (Å²) in [4.78, 5) is 25.8. The highest BCUT2D eigenvalue weighted by Gasteiger charge is 2.82. The lowest BCUT2D eigenvalue weighted by Crippen LogP contribution is -2.79. The number of esters is 2. The Morgan fingerprint density at radius 3 is 1.91 bits per heavy atom. The van der Waals surface area contributed by atoms with Crippen molar-refractivity contribution in [1.82, 2.24) is 0 Å². The van der Waals surface area contributed by atoms with Gasteiger partial charge in [0.1, 0.15) is 53.9 Å². The average Bonchev–Trinajstić information content (AvgIpc) is 3.51. The summed E-state index contributed by atoms with van der Waals surface area (Å²) in [6.45, 7) is 15.9. The molecule has 18 heteroatoms. The van der Waals surface area contributed by atoms with Gasteiger partial charge in [0.05, 0.1) is 53.6 Å². The van der Waals surface area contributed by atoms with Gasteiger partial charge in [0.15, 0.2) is 18.9 Å². The maximum atomic E-state index is 13.1. The summed E-state index contributed by atoms with van der Waals surface area (Å²) in [5.41, 5.74) is -7.29. The Labute approximate surface area is 396 Å². The van der Waals surface area contributed by atoms with Crippen LogP contribution in [0, 0.1) is 28.6 Å². The van der Waals surface area contributed by atoms with Crippen LogP contribution in [-0.4, -0.2) is 174 Å². The number of fused-ring (bicyclic) bond motifs is 5. The molecule has 24 atom stereocenters. The maximum Gasteiger partial charge on any atom is 0.309 e. The summed E-state index contributed by atoms with van der Waals surface area (Å²) in [5.74, 6) is -1.77. The standard InChI is InChI=1S/C49H82O18/c1-13-24(2)43(53)63-28(6)47(54)18-19-49(56)46(47,9)35(64-29(7)50)23-34-45(8)16-15-31(20-30(45)14-17-48(34,49)55)65-36-21-32(57-10)40(26(4)60-36)66-37-22-33(58-11)41(27(5)61-37)67-44-39(52)42(59-12)38(51)25(3)62-44/h24-28,30-42,44,51-52,54-56H,13-23H2,1-12H3/t24-,25-,26-,27-,28-,30+,31+,32+,33-,34-,35-,36+,37+,38-,39-,40-,41-,42+,44+,45+,46-,47-,48+,49-/m1/s1. The molecule has 0 aromatic heterocycles. The van der Waals surface area contributed by atoms with Gasteiger partial charge in [-0.05, 0) is 103 Å². The molecule has 18 nitrogen and oxygen atoms in total. The van der Waals surface area contributed by atoms with E-state index in [-0.39, 0.29) is 37.7 Å². The molecule has 0 bridgehead atoms. The maximum absolute atomic E-state index is 13.1. The lowest BCUT2D eigenvalue weighted by atomic mass is 9.40. The van der Waals surface area contributed by atoms with Crippen molar-refractivity contribution in [3.05, 3.63) is 0 Å². The Hall–Kier alpha value is -1.62. The Morgan fingerprint density at radius 2 is 1.33 bits per heavy atom.